The second-order valence-electron chi connectivity index (χ2n) is 5.48. The molecule has 1 aliphatic rings. The summed E-state index contributed by atoms with van der Waals surface area (Å²) in [5, 5.41) is 3.54. The molecule has 0 bridgehead atoms. The van der Waals surface area contributed by atoms with Gasteiger partial charge in [0.05, 0.1) is 4.88 Å². The lowest BCUT2D eigenvalue weighted by atomic mass is 9.89. The van der Waals surface area contributed by atoms with Crippen LogP contribution in [0.25, 0.3) is 10.1 Å². The molecule has 0 atom stereocenters. The van der Waals surface area contributed by atoms with E-state index in [-0.39, 0.29) is 11.7 Å². The lowest BCUT2D eigenvalue weighted by Crippen LogP contribution is -2.29. The zero-order valence-electron chi connectivity index (χ0n) is 11.3. The van der Waals surface area contributed by atoms with Crippen molar-refractivity contribution >= 4 is 27.3 Å². The molecule has 1 aromatic carbocycles. The molecule has 1 fully saturated rings. The summed E-state index contributed by atoms with van der Waals surface area (Å²) in [5.41, 5.74) is 0. The summed E-state index contributed by atoms with van der Waals surface area (Å²) in [5.74, 6) is 0.278. The van der Waals surface area contributed by atoms with Gasteiger partial charge >= 0.3 is 0 Å². The summed E-state index contributed by atoms with van der Waals surface area (Å²) in [6.45, 7) is 0.746. The van der Waals surface area contributed by atoms with Gasteiger partial charge in [-0.25, -0.2) is 4.39 Å². The maximum atomic E-state index is 13.6. The number of carbonyl (C=O) groups is 1. The third-order valence-corrected chi connectivity index (χ3v) is 5.11. The third-order valence-electron chi connectivity index (χ3n) is 4.01. The predicted molar refractivity (Wildman–Crippen MR) is 80.7 cm³/mol. The van der Waals surface area contributed by atoms with E-state index in [1.807, 2.05) is 6.07 Å². The quantitative estimate of drug-likeness (QED) is 0.895. The number of hydrogen-bond acceptors (Lipinski definition) is 2. The minimum absolute atomic E-state index is 0.0730. The topological polar surface area (TPSA) is 29.1 Å². The van der Waals surface area contributed by atoms with Crippen LogP contribution in [0.1, 0.15) is 41.8 Å². The molecule has 1 aromatic heterocycles. The Morgan fingerprint density at radius 2 is 2.10 bits per heavy atom. The largest absolute Gasteiger partial charge is 0.351 e. The molecule has 0 spiro atoms. The molecule has 1 saturated carbocycles. The molecule has 20 heavy (non-hydrogen) atoms. The Morgan fingerprint density at radius 3 is 2.85 bits per heavy atom. The molecule has 1 heterocycles. The van der Waals surface area contributed by atoms with Crippen LogP contribution >= 0.6 is 11.3 Å². The van der Waals surface area contributed by atoms with E-state index in [9.17, 15) is 9.18 Å². The molecule has 0 unspecified atom stereocenters. The number of fused-ring (bicyclic) bond motifs is 1. The third kappa shape index (κ3) is 2.85. The molecule has 1 N–H and O–H groups in total. The van der Waals surface area contributed by atoms with Crippen molar-refractivity contribution in [2.75, 3.05) is 6.54 Å². The summed E-state index contributed by atoms with van der Waals surface area (Å²) in [6.07, 6.45) is 6.28. The Kier molecular flexibility index (Phi) is 4.01. The Morgan fingerprint density at radius 1 is 1.30 bits per heavy atom. The van der Waals surface area contributed by atoms with Crippen LogP contribution in [0.4, 0.5) is 4.39 Å². The minimum atomic E-state index is -0.259. The van der Waals surface area contributed by atoms with E-state index in [0.717, 1.165) is 11.2 Å². The van der Waals surface area contributed by atoms with Crippen LogP contribution in [-0.4, -0.2) is 12.5 Å². The summed E-state index contributed by atoms with van der Waals surface area (Å²) in [7, 11) is 0. The van der Waals surface area contributed by atoms with Crippen molar-refractivity contribution in [2.24, 2.45) is 5.92 Å². The molecule has 106 valence electrons. The maximum absolute atomic E-state index is 13.6. The average molecular weight is 291 g/mol. The van der Waals surface area contributed by atoms with Gasteiger partial charge < -0.3 is 5.32 Å². The molecule has 1 aliphatic carbocycles. The van der Waals surface area contributed by atoms with Crippen LogP contribution in [-0.2, 0) is 0 Å². The van der Waals surface area contributed by atoms with Crippen LogP contribution in [0.5, 0.6) is 0 Å². The van der Waals surface area contributed by atoms with Gasteiger partial charge in [-0.2, -0.15) is 0 Å². The van der Waals surface area contributed by atoms with Crippen molar-refractivity contribution in [3.8, 4) is 0 Å². The maximum Gasteiger partial charge on any atom is 0.261 e. The van der Waals surface area contributed by atoms with Crippen molar-refractivity contribution in [3.05, 3.63) is 35.0 Å². The van der Waals surface area contributed by atoms with Gasteiger partial charge in [0.1, 0.15) is 5.82 Å². The fraction of sp³-hybridized carbons (Fsp3) is 0.438. The number of carbonyl (C=O) groups excluding carboxylic acids is 1. The number of thiophene rings is 1. The monoisotopic (exact) mass is 291 g/mol. The molecule has 0 aliphatic heterocycles. The number of halogens is 1. The van der Waals surface area contributed by atoms with E-state index >= 15 is 0 Å². The first-order valence-corrected chi connectivity index (χ1v) is 8.02. The van der Waals surface area contributed by atoms with Gasteiger partial charge in [-0.1, -0.05) is 25.3 Å². The standard InChI is InChI=1S/C16H18FNOS/c17-13-7-4-8-14-12(13)9-15(20-14)16(19)18-10-11-5-2-1-3-6-11/h4,7-9,11H,1-3,5-6,10H2,(H,18,19). The Balaban J connectivity index is 1.67. The van der Waals surface area contributed by atoms with E-state index < -0.39 is 0 Å². The van der Waals surface area contributed by atoms with E-state index in [1.165, 1.54) is 49.5 Å². The number of amides is 1. The van der Waals surface area contributed by atoms with Crippen molar-refractivity contribution in [2.45, 2.75) is 32.1 Å². The van der Waals surface area contributed by atoms with Gasteiger partial charge in [0.15, 0.2) is 0 Å². The van der Waals surface area contributed by atoms with Crippen LogP contribution < -0.4 is 5.32 Å². The van der Waals surface area contributed by atoms with Gasteiger partial charge in [-0.15, -0.1) is 11.3 Å². The second kappa shape index (κ2) is 5.92. The van der Waals surface area contributed by atoms with Crippen LogP contribution in [0, 0.1) is 11.7 Å². The molecule has 3 rings (SSSR count). The van der Waals surface area contributed by atoms with Crippen LogP contribution in [0.15, 0.2) is 24.3 Å². The molecule has 0 radical (unpaired) electrons. The van der Waals surface area contributed by atoms with Crippen LogP contribution in [0.3, 0.4) is 0 Å². The SMILES string of the molecule is O=C(NCC1CCCCC1)c1cc2c(F)cccc2s1. The summed E-state index contributed by atoms with van der Waals surface area (Å²) in [6, 6.07) is 6.61. The van der Waals surface area contributed by atoms with Gasteiger partial charge in [-0.05, 0) is 37.0 Å². The fourth-order valence-electron chi connectivity index (χ4n) is 2.85. The summed E-state index contributed by atoms with van der Waals surface area (Å²) < 4.78 is 14.4. The Bertz CT molecular complexity index is 616. The fourth-order valence-corrected chi connectivity index (χ4v) is 3.84. The number of nitrogens with one attached hydrogen (secondary N) is 1. The van der Waals surface area contributed by atoms with Crippen molar-refractivity contribution < 1.29 is 9.18 Å². The lowest BCUT2D eigenvalue weighted by molar-refractivity contribution is 0.0947. The molecular weight excluding hydrogens is 273 g/mol. The van der Waals surface area contributed by atoms with E-state index in [1.54, 1.807) is 12.1 Å². The molecular formula is C16H18FNOS. The Labute approximate surface area is 122 Å². The van der Waals surface area contributed by atoms with Gasteiger partial charge in [0, 0.05) is 16.6 Å². The minimum Gasteiger partial charge on any atom is -0.351 e. The first kappa shape index (κ1) is 13.6. The lowest BCUT2D eigenvalue weighted by Gasteiger charge is -2.21. The van der Waals surface area contributed by atoms with Gasteiger partial charge in [0.25, 0.3) is 5.91 Å². The highest BCUT2D eigenvalue weighted by Crippen LogP contribution is 2.28. The predicted octanol–water partition coefficient (Wildman–Crippen LogP) is 4.35. The van der Waals surface area contributed by atoms with Crippen molar-refractivity contribution in [1.29, 1.82) is 0 Å². The number of hydrogen-bond donors (Lipinski definition) is 1. The highest BCUT2D eigenvalue weighted by atomic mass is 32.1. The molecule has 0 saturated heterocycles. The smallest absolute Gasteiger partial charge is 0.261 e. The van der Waals surface area contributed by atoms with E-state index in [4.69, 9.17) is 0 Å². The molecule has 1 amide bonds. The second-order valence-corrected chi connectivity index (χ2v) is 6.56. The van der Waals surface area contributed by atoms with E-state index in [2.05, 4.69) is 5.32 Å². The Hall–Kier alpha value is -1.42. The summed E-state index contributed by atoms with van der Waals surface area (Å²) in [4.78, 5) is 12.7. The van der Waals surface area contributed by atoms with E-state index in [0.29, 0.717) is 16.2 Å². The van der Waals surface area contributed by atoms with Crippen molar-refractivity contribution in [3.63, 3.8) is 0 Å². The molecule has 4 heteroatoms. The summed E-state index contributed by atoms with van der Waals surface area (Å²) >= 11 is 1.35. The van der Waals surface area contributed by atoms with Gasteiger partial charge in [0.2, 0.25) is 0 Å². The first-order valence-electron chi connectivity index (χ1n) is 7.20. The zero-order chi connectivity index (χ0) is 13.9. The molecule has 2 aromatic rings. The zero-order valence-corrected chi connectivity index (χ0v) is 12.1. The highest BCUT2D eigenvalue weighted by Gasteiger charge is 2.16. The van der Waals surface area contributed by atoms with Crippen molar-refractivity contribution in [1.82, 2.24) is 5.32 Å². The molecule has 2 nitrogen and oxygen atoms in total. The first-order chi connectivity index (χ1) is 9.74. The average Bonchev–Trinajstić information content (AvgIpc) is 2.91. The number of benzene rings is 1. The highest BCUT2D eigenvalue weighted by molar-refractivity contribution is 7.20. The van der Waals surface area contributed by atoms with Gasteiger partial charge in [-0.3, -0.25) is 4.79 Å². The normalized spacial score (nSPS) is 16.4. The number of rotatable bonds is 3. The van der Waals surface area contributed by atoms with Crippen LogP contribution in [0.2, 0.25) is 0 Å².